The van der Waals surface area contributed by atoms with E-state index in [1.807, 2.05) is 11.0 Å². The van der Waals surface area contributed by atoms with E-state index in [-0.39, 0.29) is 11.7 Å². The van der Waals surface area contributed by atoms with E-state index in [0.717, 1.165) is 64.2 Å². The van der Waals surface area contributed by atoms with Crippen LogP contribution in [0.25, 0.3) is 0 Å². The third-order valence-corrected chi connectivity index (χ3v) is 4.26. The van der Waals surface area contributed by atoms with Crippen LogP contribution in [0.2, 0.25) is 0 Å². The number of hydrogen-bond acceptors (Lipinski definition) is 3. The Bertz CT molecular complexity index is 489. The molecule has 0 aliphatic carbocycles. The first-order valence-electron chi connectivity index (χ1n) is 8.64. The number of piperazine rings is 1. The molecule has 1 N–H and O–H groups in total. The van der Waals surface area contributed by atoms with Crippen LogP contribution < -0.4 is 5.32 Å². The van der Waals surface area contributed by atoms with Gasteiger partial charge in [0.2, 0.25) is 5.91 Å². The van der Waals surface area contributed by atoms with Crippen molar-refractivity contribution in [3.05, 3.63) is 35.6 Å². The van der Waals surface area contributed by atoms with E-state index >= 15 is 0 Å². The SMILES string of the molecule is CCCN(CCC(=O)N1CCNCC1)CCc1cccc(F)c1. The van der Waals surface area contributed by atoms with Gasteiger partial charge in [0, 0.05) is 45.7 Å². The fourth-order valence-corrected chi connectivity index (χ4v) is 2.96. The number of carbonyl (C=O) groups excluding carboxylic acids is 1. The summed E-state index contributed by atoms with van der Waals surface area (Å²) in [6.07, 6.45) is 2.45. The second-order valence-corrected chi connectivity index (χ2v) is 6.10. The van der Waals surface area contributed by atoms with Gasteiger partial charge in [0.25, 0.3) is 0 Å². The molecule has 0 spiro atoms. The Kier molecular flexibility index (Phi) is 7.49. The van der Waals surface area contributed by atoms with Crippen LogP contribution in [0.4, 0.5) is 4.39 Å². The number of carbonyl (C=O) groups is 1. The minimum atomic E-state index is -0.182. The summed E-state index contributed by atoms with van der Waals surface area (Å²) < 4.78 is 13.2. The maximum absolute atomic E-state index is 13.2. The Morgan fingerprint density at radius 3 is 2.74 bits per heavy atom. The summed E-state index contributed by atoms with van der Waals surface area (Å²) in [4.78, 5) is 16.5. The van der Waals surface area contributed by atoms with E-state index in [0.29, 0.717) is 6.42 Å². The average molecular weight is 321 g/mol. The van der Waals surface area contributed by atoms with Crippen LogP contribution in [0, 0.1) is 5.82 Å². The predicted molar refractivity (Wildman–Crippen MR) is 90.9 cm³/mol. The number of nitrogens with one attached hydrogen (secondary N) is 1. The zero-order valence-corrected chi connectivity index (χ0v) is 14.1. The molecule has 0 atom stereocenters. The highest BCUT2D eigenvalue weighted by molar-refractivity contribution is 5.76. The first kappa shape index (κ1) is 17.9. The molecule has 1 aliphatic heterocycles. The molecule has 1 heterocycles. The van der Waals surface area contributed by atoms with Crippen LogP contribution in [-0.2, 0) is 11.2 Å². The fourth-order valence-electron chi connectivity index (χ4n) is 2.96. The summed E-state index contributed by atoms with van der Waals surface area (Å²) in [5.41, 5.74) is 1.01. The molecule has 1 aromatic carbocycles. The number of amides is 1. The normalized spacial score (nSPS) is 15.2. The lowest BCUT2D eigenvalue weighted by molar-refractivity contribution is -0.132. The molecule has 4 nitrogen and oxygen atoms in total. The summed E-state index contributed by atoms with van der Waals surface area (Å²) in [5, 5.41) is 3.26. The topological polar surface area (TPSA) is 35.6 Å². The zero-order valence-electron chi connectivity index (χ0n) is 14.1. The lowest BCUT2D eigenvalue weighted by Crippen LogP contribution is -2.47. The van der Waals surface area contributed by atoms with Gasteiger partial charge in [0.15, 0.2) is 0 Å². The van der Waals surface area contributed by atoms with E-state index < -0.39 is 0 Å². The maximum Gasteiger partial charge on any atom is 0.223 e. The molecular formula is C18H28FN3O. The van der Waals surface area contributed by atoms with Gasteiger partial charge in [-0.15, -0.1) is 0 Å². The minimum absolute atomic E-state index is 0.182. The van der Waals surface area contributed by atoms with Crippen molar-refractivity contribution in [1.29, 1.82) is 0 Å². The second-order valence-electron chi connectivity index (χ2n) is 6.10. The molecular weight excluding hydrogens is 293 g/mol. The van der Waals surface area contributed by atoms with Crippen molar-refractivity contribution in [2.75, 3.05) is 45.8 Å². The van der Waals surface area contributed by atoms with Gasteiger partial charge in [-0.2, -0.15) is 0 Å². The minimum Gasteiger partial charge on any atom is -0.340 e. The quantitative estimate of drug-likeness (QED) is 0.794. The van der Waals surface area contributed by atoms with Gasteiger partial charge in [-0.3, -0.25) is 4.79 Å². The van der Waals surface area contributed by atoms with Gasteiger partial charge in [0.1, 0.15) is 5.82 Å². The molecule has 0 bridgehead atoms. The molecule has 0 saturated carbocycles. The average Bonchev–Trinajstić information content (AvgIpc) is 2.58. The van der Waals surface area contributed by atoms with E-state index in [1.165, 1.54) is 6.07 Å². The summed E-state index contributed by atoms with van der Waals surface area (Å²) >= 11 is 0. The molecule has 1 aliphatic rings. The van der Waals surface area contributed by atoms with Gasteiger partial charge in [-0.05, 0) is 37.1 Å². The number of hydrogen-bond donors (Lipinski definition) is 1. The lowest BCUT2D eigenvalue weighted by atomic mass is 10.1. The first-order chi connectivity index (χ1) is 11.2. The molecule has 1 amide bonds. The van der Waals surface area contributed by atoms with Crippen molar-refractivity contribution in [1.82, 2.24) is 15.1 Å². The van der Waals surface area contributed by atoms with Crippen molar-refractivity contribution >= 4 is 5.91 Å². The molecule has 0 radical (unpaired) electrons. The number of nitrogens with zero attached hydrogens (tertiary/aromatic N) is 2. The summed E-state index contributed by atoms with van der Waals surface area (Å²) in [5.74, 6) is 0.0665. The Morgan fingerprint density at radius 2 is 2.04 bits per heavy atom. The van der Waals surface area contributed by atoms with Crippen LogP contribution >= 0.6 is 0 Å². The summed E-state index contributed by atoms with van der Waals surface area (Å²) in [7, 11) is 0. The van der Waals surface area contributed by atoms with Crippen molar-refractivity contribution in [3.8, 4) is 0 Å². The van der Waals surface area contributed by atoms with Gasteiger partial charge < -0.3 is 15.1 Å². The lowest BCUT2D eigenvalue weighted by Gasteiger charge is -2.29. The highest BCUT2D eigenvalue weighted by atomic mass is 19.1. The third kappa shape index (κ3) is 6.28. The van der Waals surface area contributed by atoms with Crippen LogP contribution in [-0.4, -0.2) is 61.5 Å². The van der Waals surface area contributed by atoms with Crippen molar-refractivity contribution < 1.29 is 9.18 Å². The van der Waals surface area contributed by atoms with Crippen molar-refractivity contribution in [3.63, 3.8) is 0 Å². The standard InChI is InChI=1S/C18H28FN3O/c1-2-10-21(11-6-16-4-3-5-17(19)15-16)12-7-18(23)22-13-8-20-9-14-22/h3-5,15,20H,2,6-14H2,1H3. The molecule has 5 heteroatoms. The number of benzene rings is 1. The molecule has 1 fully saturated rings. The van der Waals surface area contributed by atoms with E-state index in [4.69, 9.17) is 0 Å². The third-order valence-electron chi connectivity index (χ3n) is 4.26. The molecule has 23 heavy (non-hydrogen) atoms. The van der Waals surface area contributed by atoms with Crippen molar-refractivity contribution in [2.45, 2.75) is 26.2 Å². The van der Waals surface area contributed by atoms with Gasteiger partial charge in [-0.25, -0.2) is 4.39 Å². The zero-order chi connectivity index (χ0) is 16.5. The second kappa shape index (κ2) is 9.63. The highest BCUT2D eigenvalue weighted by Gasteiger charge is 2.16. The maximum atomic E-state index is 13.2. The predicted octanol–water partition coefficient (Wildman–Crippen LogP) is 1.90. The first-order valence-corrected chi connectivity index (χ1v) is 8.64. The molecule has 0 aromatic heterocycles. The van der Waals surface area contributed by atoms with Crippen LogP contribution in [0.3, 0.4) is 0 Å². The van der Waals surface area contributed by atoms with Crippen LogP contribution in [0.15, 0.2) is 24.3 Å². The van der Waals surface area contributed by atoms with E-state index in [9.17, 15) is 9.18 Å². The molecule has 2 rings (SSSR count). The van der Waals surface area contributed by atoms with Crippen LogP contribution in [0.5, 0.6) is 0 Å². The molecule has 1 aromatic rings. The molecule has 0 unspecified atom stereocenters. The van der Waals surface area contributed by atoms with Gasteiger partial charge in [-0.1, -0.05) is 19.1 Å². The number of rotatable bonds is 8. The Morgan fingerprint density at radius 1 is 1.26 bits per heavy atom. The largest absolute Gasteiger partial charge is 0.340 e. The van der Waals surface area contributed by atoms with Gasteiger partial charge >= 0.3 is 0 Å². The summed E-state index contributed by atoms with van der Waals surface area (Å²) in [6, 6.07) is 6.78. The van der Waals surface area contributed by atoms with Crippen LogP contribution in [0.1, 0.15) is 25.3 Å². The number of halogens is 1. The Hall–Kier alpha value is -1.46. The fraction of sp³-hybridized carbons (Fsp3) is 0.611. The Labute approximate surface area is 138 Å². The smallest absolute Gasteiger partial charge is 0.223 e. The highest BCUT2D eigenvalue weighted by Crippen LogP contribution is 2.07. The van der Waals surface area contributed by atoms with E-state index in [1.54, 1.807) is 12.1 Å². The van der Waals surface area contributed by atoms with Gasteiger partial charge in [0.05, 0.1) is 0 Å². The van der Waals surface area contributed by atoms with E-state index in [2.05, 4.69) is 17.1 Å². The molecule has 128 valence electrons. The summed E-state index contributed by atoms with van der Waals surface area (Å²) in [6.45, 7) is 8.19. The monoisotopic (exact) mass is 321 g/mol. The molecule has 1 saturated heterocycles. The van der Waals surface area contributed by atoms with Crippen molar-refractivity contribution in [2.24, 2.45) is 0 Å². The Balaban J connectivity index is 1.77.